The third-order valence-corrected chi connectivity index (χ3v) is 6.25. The number of rotatable bonds is 6. The van der Waals surface area contributed by atoms with Crippen molar-refractivity contribution in [2.75, 3.05) is 38.3 Å². The minimum atomic E-state index is -3.80. The number of anilines is 1. The molecule has 3 rings (SSSR count). The summed E-state index contributed by atoms with van der Waals surface area (Å²) in [5.41, 5.74) is 0.0464. The highest BCUT2D eigenvalue weighted by molar-refractivity contribution is 7.89. The van der Waals surface area contributed by atoms with Gasteiger partial charge in [-0.25, -0.2) is 8.42 Å². The lowest BCUT2D eigenvalue weighted by Gasteiger charge is -2.26. The lowest BCUT2D eigenvalue weighted by molar-refractivity contribution is -0.384. The second-order valence-electron chi connectivity index (χ2n) is 6.29. The molecule has 0 saturated carbocycles. The summed E-state index contributed by atoms with van der Waals surface area (Å²) in [4.78, 5) is 12.6. The van der Waals surface area contributed by atoms with E-state index in [1.165, 1.54) is 16.4 Å². The van der Waals surface area contributed by atoms with Crippen molar-refractivity contribution in [3.63, 3.8) is 0 Å². The van der Waals surface area contributed by atoms with Gasteiger partial charge in [0.25, 0.3) is 5.69 Å². The molecule has 0 aliphatic carbocycles. The zero-order chi connectivity index (χ0) is 19.6. The standard InChI is InChI=1S/C17H21N3O6S/c1-13-3-4-14(26-13)12-18(2)16-6-5-15(11-17(16)20(21)22)27(23,24)19-7-9-25-10-8-19/h3-6,11H,7-10,12H2,1-2H3. The van der Waals surface area contributed by atoms with Crippen LogP contribution in [0.4, 0.5) is 11.4 Å². The Balaban J connectivity index is 1.91. The van der Waals surface area contributed by atoms with Crippen molar-refractivity contribution in [1.82, 2.24) is 4.31 Å². The van der Waals surface area contributed by atoms with E-state index in [0.29, 0.717) is 31.2 Å². The molecule has 2 heterocycles. The van der Waals surface area contributed by atoms with Gasteiger partial charge >= 0.3 is 0 Å². The number of morpholine rings is 1. The lowest BCUT2D eigenvalue weighted by atomic mass is 10.2. The second-order valence-corrected chi connectivity index (χ2v) is 8.23. The maximum absolute atomic E-state index is 12.8. The fourth-order valence-electron chi connectivity index (χ4n) is 2.96. The molecule has 1 aliphatic heterocycles. The normalized spacial score (nSPS) is 15.6. The SMILES string of the molecule is Cc1ccc(CN(C)c2ccc(S(=O)(=O)N3CCOCC3)cc2[N+](=O)[O-])o1. The molecule has 1 fully saturated rings. The van der Waals surface area contributed by atoms with Gasteiger partial charge in [0.05, 0.1) is 29.6 Å². The highest BCUT2D eigenvalue weighted by Gasteiger charge is 2.29. The topological polar surface area (TPSA) is 106 Å². The summed E-state index contributed by atoms with van der Waals surface area (Å²) in [5, 5.41) is 11.6. The van der Waals surface area contributed by atoms with Crippen LogP contribution in [0.15, 0.2) is 39.6 Å². The molecule has 146 valence electrons. The largest absolute Gasteiger partial charge is 0.464 e. The van der Waals surface area contributed by atoms with Gasteiger partial charge in [0.15, 0.2) is 0 Å². The van der Waals surface area contributed by atoms with E-state index in [-0.39, 0.29) is 23.7 Å². The number of nitro benzene ring substituents is 1. The fraction of sp³-hybridized carbons (Fsp3) is 0.412. The number of sulfonamides is 1. The Hall–Kier alpha value is -2.43. The van der Waals surface area contributed by atoms with Crippen molar-refractivity contribution in [3.05, 3.63) is 52.0 Å². The van der Waals surface area contributed by atoms with Crippen LogP contribution in [0.25, 0.3) is 0 Å². The van der Waals surface area contributed by atoms with Gasteiger partial charge in [-0.2, -0.15) is 4.31 Å². The first kappa shape index (κ1) is 19.3. The molecule has 2 aromatic rings. The molecule has 27 heavy (non-hydrogen) atoms. The lowest BCUT2D eigenvalue weighted by Crippen LogP contribution is -2.40. The smallest absolute Gasteiger partial charge is 0.293 e. The maximum Gasteiger partial charge on any atom is 0.293 e. The van der Waals surface area contributed by atoms with E-state index in [1.54, 1.807) is 18.0 Å². The highest BCUT2D eigenvalue weighted by atomic mass is 32.2. The molecule has 1 aromatic carbocycles. The first-order chi connectivity index (χ1) is 12.8. The molecule has 1 aliphatic rings. The molecule has 1 aromatic heterocycles. The van der Waals surface area contributed by atoms with E-state index in [0.717, 1.165) is 11.8 Å². The van der Waals surface area contributed by atoms with Gasteiger partial charge in [-0.05, 0) is 31.2 Å². The average Bonchev–Trinajstić information content (AvgIpc) is 3.06. The fourth-order valence-corrected chi connectivity index (χ4v) is 4.39. The number of ether oxygens (including phenoxy) is 1. The zero-order valence-electron chi connectivity index (χ0n) is 15.1. The average molecular weight is 395 g/mol. The summed E-state index contributed by atoms with van der Waals surface area (Å²) in [6, 6.07) is 7.59. The van der Waals surface area contributed by atoms with Crippen molar-refractivity contribution in [1.29, 1.82) is 0 Å². The number of aryl methyl sites for hydroxylation is 1. The monoisotopic (exact) mass is 395 g/mol. The first-order valence-corrected chi connectivity index (χ1v) is 9.86. The van der Waals surface area contributed by atoms with Gasteiger partial charge in [-0.3, -0.25) is 10.1 Å². The Labute approximate surface area is 157 Å². The highest BCUT2D eigenvalue weighted by Crippen LogP contribution is 2.32. The minimum absolute atomic E-state index is 0.0953. The van der Waals surface area contributed by atoms with Gasteiger partial charge < -0.3 is 14.1 Å². The molecule has 1 saturated heterocycles. The molecule has 0 N–H and O–H groups in total. The van der Waals surface area contributed by atoms with Crippen LogP contribution in [-0.4, -0.2) is 51.0 Å². The van der Waals surface area contributed by atoms with Crippen molar-refractivity contribution in [3.8, 4) is 0 Å². The van der Waals surface area contributed by atoms with Gasteiger partial charge in [-0.15, -0.1) is 0 Å². The van der Waals surface area contributed by atoms with Gasteiger partial charge in [0, 0.05) is 26.2 Å². The summed E-state index contributed by atoms with van der Waals surface area (Å²) in [6.07, 6.45) is 0. The molecule has 0 unspecified atom stereocenters. The van der Waals surface area contributed by atoms with E-state index in [1.807, 2.05) is 13.0 Å². The Morgan fingerprint density at radius 3 is 2.52 bits per heavy atom. The van der Waals surface area contributed by atoms with Crippen molar-refractivity contribution >= 4 is 21.4 Å². The molecule has 0 amide bonds. The number of hydrogen-bond acceptors (Lipinski definition) is 7. The van der Waals surface area contributed by atoms with E-state index < -0.39 is 14.9 Å². The van der Waals surface area contributed by atoms with Gasteiger partial charge in [0.1, 0.15) is 17.2 Å². The maximum atomic E-state index is 12.8. The Morgan fingerprint density at radius 1 is 1.22 bits per heavy atom. The first-order valence-electron chi connectivity index (χ1n) is 8.42. The van der Waals surface area contributed by atoms with E-state index in [4.69, 9.17) is 9.15 Å². The molecule has 9 nitrogen and oxygen atoms in total. The minimum Gasteiger partial charge on any atom is -0.464 e. The Kier molecular flexibility index (Phi) is 5.49. The molecule has 0 radical (unpaired) electrons. The van der Waals surface area contributed by atoms with Crippen LogP contribution in [0.5, 0.6) is 0 Å². The van der Waals surface area contributed by atoms with E-state index >= 15 is 0 Å². The number of furan rings is 1. The van der Waals surface area contributed by atoms with E-state index in [2.05, 4.69) is 0 Å². The quantitative estimate of drug-likeness (QED) is 0.545. The summed E-state index contributed by atoms with van der Waals surface area (Å²) in [6.45, 7) is 3.22. The predicted octanol–water partition coefficient (Wildman–Crippen LogP) is 2.15. The van der Waals surface area contributed by atoms with Crippen LogP contribution < -0.4 is 4.90 Å². The molecule has 0 spiro atoms. The van der Waals surface area contributed by atoms with Crippen molar-refractivity contribution in [2.24, 2.45) is 0 Å². The Morgan fingerprint density at radius 2 is 1.93 bits per heavy atom. The van der Waals surface area contributed by atoms with Gasteiger partial charge in [0.2, 0.25) is 10.0 Å². The zero-order valence-corrected chi connectivity index (χ0v) is 15.9. The van der Waals surface area contributed by atoms with E-state index in [9.17, 15) is 18.5 Å². The molecule has 10 heteroatoms. The summed E-state index contributed by atoms with van der Waals surface area (Å²) < 4.78 is 37.5. The van der Waals surface area contributed by atoms with Crippen LogP contribution in [0, 0.1) is 17.0 Å². The molecular weight excluding hydrogens is 374 g/mol. The van der Waals surface area contributed by atoms with Crippen LogP contribution in [0.1, 0.15) is 11.5 Å². The summed E-state index contributed by atoms with van der Waals surface area (Å²) in [5.74, 6) is 1.41. The summed E-state index contributed by atoms with van der Waals surface area (Å²) in [7, 11) is -2.11. The van der Waals surface area contributed by atoms with Crippen molar-refractivity contribution in [2.45, 2.75) is 18.4 Å². The molecular formula is C17H21N3O6S. The number of hydrogen-bond donors (Lipinski definition) is 0. The van der Waals surface area contributed by atoms with Gasteiger partial charge in [-0.1, -0.05) is 0 Å². The number of nitrogens with zero attached hydrogens (tertiary/aromatic N) is 3. The molecule has 0 bridgehead atoms. The second kappa shape index (κ2) is 7.67. The van der Waals surface area contributed by atoms with Crippen LogP contribution in [0.3, 0.4) is 0 Å². The molecule has 0 atom stereocenters. The third-order valence-electron chi connectivity index (χ3n) is 4.35. The number of nitro groups is 1. The van der Waals surface area contributed by atoms with Crippen LogP contribution in [-0.2, 0) is 21.3 Å². The predicted molar refractivity (Wildman–Crippen MR) is 98.2 cm³/mol. The number of benzene rings is 1. The van der Waals surface area contributed by atoms with Crippen molar-refractivity contribution < 1.29 is 22.5 Å². The Bertz CT molecular complexity index is 934. The summed E-state index contributed by atoms with van der Waals surface area (Å²) >= 11 is 0. The van der Waals surface area contributed by atoms with Crippen LogP contribution in [0.2, 0.25) is 0 Å². The third kappa shape index (κ3) is 4.12. The van der Waals surface area contributed by atoms with Crippen LogP contribution >= 0.6 is 0 Å².